The third kappa shape index (κ3) is 24.6. The predicted octanol–water partition coefficient (Wildman–Crippen LogP) is -1.07. The molecule has 0 aromatic rings. The van der Waals surface area contributed by atoms with E-state index in [9.17, 15) is 9.90 Å². The summed E-state index contributed by atoms with van der Waals surface area (Å²) in [6, 6.07) is 0. The number of rotatable bonds is 5. The first-order chi connectivity index (χ1) is 6.04. The van der Waals surface area contributed by atoms with Crippen molar-refractivity contribution in [3.8, 4) is 0 Å². The smallest absolute Gasteiger partial charge is 0.100 e. The minimum atomic E-state index is -0.932. The molecule has 0 aliphatic carbocycles. The first-order valence-corrected chi connectivity index (χ1v) is 4.71. The minimum Gasteiger partial charge on any atom is -0.550 e. The largest absolute Gasteiger partial charge is 0.550 e. The number of aliphatic hydroxyl groups is 1. The average molecular weight is 191 g/mol. The van der Waals surface area contributed by atoms with Crippen molar-refractivity contribution >= 4 is 5.97 Å². The highest BCUT2D eigenvalue weighted by Gasteiger charge is 1.85. The predicted molar refractivity (Wildman–Crippen MR) is 48.6 cm³/mol. The highest BCUT2D eigenvalue weighted by Crippen LogP contribution is 1.96. The van der Waals surface area contributed by atoms with Crippen molar-refractivity contribution in [2.45, 2.75) is 45.6 Å². The second-order valence-corrected chi connectivity index (χ2v) is 2.97. The Balaban J connectivity index is 0. The SMILES string of the molecule is CC(O)C[NH3+].CCCCCC(=O)[O-]. The molecule has 4 nitrogen and oxygen atoms in total. The zero-order chi connectivity index (χ0) is 10.7. The van der Waals surface area contributed by atoms with Crippen LogP contribution in [0.3, 0.4) is 0 Å². The fraction of sp³-hybridized carbons (Fsp3) is 0.889. The molecular weight excluding hydrogens is 170 g/mol. The number of quaternary nitrogens is 1. The van der Waals surface area contributed by atoms with Crippen LogP contribution in [0.15, 0.2) is 0 Å². The quantitative estimate of drug-likeness (QED) is 0.542. The van der Waals surface area contributed by atoms with Gasteiger partial charge >= 0.3 is 0 Å². The van der Waals surface area contributed by atoms with Crippen LogP contribution in [0.25, 0.3) is 0 Å². The van der Waals surface area contributed by atoms with Crippen molar-refractivity contribution in [1.29, 1.82) is 0 Å². The molecule has 0 saturated heterocycles. The lowest BCUT2D eigenvalue weighted by atomic mass is 10.2. The maximum absolute atomic E-state index is 9.76. The number of hydrogen-bond donors (Lipinski definition) is 2. The number of hydrogen-bond acceptors (Lipinski definition) is 3. The van der Waals surface area contributed by atoms with Crippen LogP contribution >= 0.6 is 0 Å². The molecule has 0 aliphatic rings. The van der Waals surface area contributed by atoms with E-state index in [0.29, 0.717) is 6.54 Å². The van der Waals surface area contributed by atoms with Gasteiger partial charge in [-0.05, 0) is 19.8 Å². The monoisotopic (exact) mass is 191 g/mol. The molecule has 0 aromatic heterocycles. The van der Waals surface area contributed by atoms with Crippen molar-refractivity contribution in [2.24, 2.45) is 0 Å². The van der Waals surface area contributed by atoms with E-state index in [1.807, 2.05) is 6.92 Å². The van der Waals surface area contributed by atoms with Crippen LogP contribution < -0.4 is 10.8 Å². The van der Waals surface area contributed by atoms with Crippen molar-refractivity contribution in [1.82, 2.24) is 0 Å². The third-order valence-corrected chi connectivity index (χ3v) is 1.40. The van der Waals surface area contributed by atoms with E-state index in [4.69, 9.17) is 5.11 Å². The van der Waals surface area contributed by atoms with Gasteiger partial charge in [-0.15, -0.1) is 0 Å². The molecule has 13 heavy (non-hydrogen) atoms. The number of carbonyl (C=O) groups excluding carboxylic acids is 1. The number of unbranched alkanes of at least 4 members (excludes halogenated alkanes) is 2. The summed E-state index contributed by atoms with van der Waals surface area (Å²) in [6.07, 6.45) is 2.81. The second kappa shape index (κ2) is 11.4. The summed E-state index contributed by atoms with van der Waals surface area (Å²) < 4.78 is 0. The van der Waals surface area contributed by atoms with Crippen molar-refractivity contribution in [2.75, 3.05) is 6.54 Å². The van der Waals surface area contributed by atoms with Crippen LogP contribution in [0.5, 0.6) is 0 Å². The van der Waals surface area contributed by atoms with Crippen LogP contribution in [0.4, 0.5) is 0 Å². The summed E-state index contributed by atoms with van der Waals surface area (Å²) in [5.41, 5.74) is 3.44. The van der Waals surface area contributed by atoms with E-state index in [0.717, 1.165) is 19.3 Å². The Morgan fingerprint density at radius 2 is 2.00 bits per heavy atom. The number of carbonyl (C=O) groups is 1. The zero-order valence-electron chi connectivity index (χ0n) is 8.58. The van der Waals surface area contributed by atoms with Crippen LogP contribution in [0.1, 0.15) is 39.5 Å². The Morgan fingerprint density at radius 3 is 2.23 bits per heavy atom. The highest BCUT2D eigenvalue weighted by molar-refractivity contribution is 5.63. The van der Waals surface area contributed by atoms with Gasteiger partial charge in [0.15, 0.2) is 0 Å². The van der Waals surface area contributed by atoms with E-state index in [2.05, 4.69) is 5.73 Å². The second-order valence-electron chi connectivity index (χ2n) is 2.97. The molecule has 1 unspecified atom stereocenters. The third-order valence-electron chi connectivity index (χ3n) is 1.40. The van der Waals surface area contributed by atoms with Gasteiger partial charge in [-0.1, -0.05) is 19.8 Å². The molecule has 0 spiro atoms. The lowest BCUT2D eigenvalue weighted by Crippen LogP contribution is -2.54. The van der Waals surface area contributed by atoms with Gasteiger partial charge in [-0.2, -0.15) is 0 Å². The fourth-order valence-corrected chi connectivity index (χ4v) is 0.519. The summed E-state index contributed by atoms with van der Waals surface area (Å²) in [6.45, 7) is 4.36. The fourth-order valence-electron chi connectivity index (χ4n) is 0.519. The van der Waals surface area contributed by atoms with Gasteiger partial charge in [0.1, 0.15) is 6.54 Å². The highest BCUT2D eigenvalue weighted by atomic mass is 16.4. The molecule has 0 rings (SSSR count). The van der Waals surface area contributed by atoms with E-state index >= 15 is 0 Å². The normalized spacial score (nSPS) is 11.4. The Kier molecular flexibility index (Phi) is 13.0. The summed E-state index contributed by atoms with van der Waals surface area (Å²) in [7, 11) is 0. The van der Waals surface area contributed by atoms with E-state index < -0.39 is 5.97 Å². The maximum Gasteiger partial charge on any atom is 0.100 e. The maximum atomic E-state index is 9.76. The van der Waals surface area contributed by atoms with E-state index in [-0.39, 0.29) is 12.5 Å². The van der Waals surface area contributed by atoms with Gasteiger partial charge in [0, 0.05) is 5.97 Å². The number of aliphatic hydroxyl groups excluding tert-OH is 1. The summed E-state index contributed by atoms with van der Waals surface area (Å²) >= 11 is 0. The zero-order valence-corrected chi connectivity index (χ0v) is 8.58. The van der Waals surface area contributed by atoms with Crippen LogP contribution in [0, 0.1) is 0 Å². The molecule has 0 saturated carbocycles. The van der Waals surface area contributed by atoms with Gasteiger partial charge in [0.2, 0.25) is 0 Å². The summed E-state index contributed by atoms with van der Waals surface area (Å²) in [4.78, 5) is 9.76. The molecule has 0 aromatic carbocycles. The van der Waals surface area contributed by atoms with Gasteiger partial charge in [-0.3, -0.25) is 0 Å². The summed E-state index contributed by atoms with van der Waals surface area (Å²) in [5.74, 6) is -0.932. The first-order valence-electron chi connectivity index (χ1n) is 4.71. The molecule has 80 valence electrons. The molecule has 4 N–H and O–H groups in total. The van der Waals surface area contributed by atoms with Crippen LogP contribution in [-0.4, -0.2) is 23.7 Å². The van der Waals surface area contributed by atoms with Gasteiger partial charge in [-0.25, -0.2) is 0 Å². The molecule has 4 heteroatoms. The van der Waals surface area contributed by atoms with Crippen molar-refractivity contribution in [3.63, 3.8) is 0 Å². The summed E-state index contributed by atoms with van der Waals surface area (Å²) in [5, 5.41) is 18.1. The molecule has 1 atom stereocenters. The molecule has 0 amide bonds. The van der Waals surface area contributed by atoms with Crippen LogP contribution in [-0.2, 0) is 4.79 Å². The standard InChI is InChI=1S/C6H12O2.C3H9NO/c1-2-3-4-5-6(7)8;1-3(5)2-4/h2-5H2,1H3,(H,7,8);3,5H,2,4H2,1H3. The Bertz CT molecular complexity index is 115. The van der Waals surface area contributed by atoms with Crippen molar-refractivity contribution in [3.05, 3.63) is 0 Å². The Labute approximate surface area is 79.8 Å². The van der Waals surface area contributed by atoms with Crippen LogP contribution in [0.2, 0.25) is 0 Å². The molecule has 0 aliphatic heterocycles. The van der Waals surface area contributed by atoms with E-state index in [1.165, 1.54) is 0 Å². The molecule has 0 fully saturated rings. The molecule has 0 radical (unpaired) electrons. The van der Waals surface area contributed by atoms with Crippen molar-refractivity contribution < 1.29 is 20.7 Å². The van der Waals surface area contributed by atoms with Gasteiger partial charge in [0.05, 0.1) is 6.10 Å². The number of aliphatic carboxylic acids is 1. The minimum absolute atomic E-state index is 0.216. The molecule has 0 heterocycles. The average Bonchev–Trinajstić information content (AvgIpc) is 2.05. The Morgan fingerprint density at radius 1 is 1.54 bits per heavy atom. The van der Waals surface area contributed by atoms with Gasteiger partial charge < -0.3 is 20.7 Å². The Hall–Kier alpha value is -0.610. The number of carboxylic acids is 1. The lowest BCUT2D eigenvalue weighted by molar-refractivity contribution is -0.382. The first kappa shape index (κ1) is 14.9. The topological polar surface area (TPSA) is 88.0 Å². The van der Waals surface area contributed by atoms with E-state index in [1.54, 1.807) is 6.92 Å². The molecule has 0 bridgehead atoms. The molecular formula is C9H21NO3. The lowest BCUT2D eigenvalue weighted by Gasteiger charge is -1.97. The van der Waals surface area contributed by atoms with Gasteiger partial charge in [0.25, 0.3) is 0 Å². The number of carboxylic acid groups (broad SMARTS) is 1.